The molecular weight excluding hydrogens is 236 g/mol. The fourth-order valence-electron chi connectivity index (χ4n) is 3.49. The lowest BCUT2D eigenvalue weighted by Crippen LogP contribution is -2.50. The average Bonchev–Trinajstić information content (AvgIpc) is 2.93. The third-order valence-corrected chi connectivity index (χ3v) is 4.61. The molecule has 0 saturated carbocycles. The summed E-state index contributed by atoms with van der Waals surface area (Å²) in [7, 11) is 0. The standard InChI is InChI=1S/C16H24N2O/c1-2-16(19)14-7-3-4-8-15(14)18-11-10-17-9-5-6-13(17)12-18/h3-4,7-8,13,16,19H,2,5-6,9-12H2,1H3. The Hall–Kier alpha value is -1.06. The molecule has 0 radical (unpaired) electrons. The number of anilines is 1. The van der Waals surface area contributed by atoms with Crippen molar-refractivity contribution in [1.82, 2.24) is 4.90 Å². The van der Waals surface area contributed by atoms with Crippen molar-refractivity contribution in [2.75, 3.05) is 31.1 Å². The molecule has 0 amide bonds. The van der Waals surface area contributed by atoms with Crippen LogP contribution < -0.4 is 4.90 Å². The normalized spacial score (nSPS) is 25.4. The minimum absolute atomic E-state index is 0.335. The summed E-state index contributed by atoms with van der Waals surface area (Å²) in [6, 6.07) is 9.08. The molecule has 2 unspecified atom stereocenters. The van der Waals surface area contributed by atoms with Gasteiger partial charge >= 0.3 is 0 Å². The molecule has 3 nitrogen and oxygen atoms in total. The van der Waals surface area contributed by atoms with Crippen LogP contribution in [0.2, 0.25) is 0 Å². The summed E-state index contributed by atoms with van der Waals surface area (Å²) in [4.78, 5) is 5.09. The minimum Gasteiger partial charge on any atom is -0.388 e. The Bertz CT molecular complexity index is 435. The van der Waals surface area contributed by atoms with E-state index >= 15 is 0 Å². The van der Waals surface area contributed by atoms with E-state index in [2.05, 4.69) is 28.0 Å². The second kappa shape index (κ2) is 5.51. The van der Waals surface area contributed by atoms with Crippen molar-refractivity contribution in [2.24, 2.45) is 0 Å². The third kappa shape index (κ3) is 2.49. The molecular formula is C16H24N2O. The molecule has 2 aliphatic heterocycles. The Kier molecular flexibility index (Phi) is 3.76. The van der Waals surface area contributed by atoms with Gasteiger partial charge in [0.15, 0.2) is 0 Å². The van der Waals surface area contributed by atoms with E-state index < -0.39 is 0 Å². The van der Waals surface area contributed by atoms with Gasteiger partial charge in [-0.2, -0.15) is 0 Å². The monoisotopic (exact) mass is 260 g/mol. The number of rotatable bonds is 3. The smallest absolute Gasteiger partial charge is 0.0807 e. The Morgan fingerprint density at radius 1 is 1.26 bits per heavy atom. The van der Waals surface area contributed by atoms with Crippen LogP contribution in [0.3, 0.4) is 0 Å². The first-order valence-corrected chi connectivity index (χ1v) is 7.55. The van der Waals surface area contributed by atoms with E-state index in [1.165, 1.54) is 31.6 Å². The van der Waals surface area contributed by atoms with Crippen LogP contribution in [0.1, 0.15) is 37.9 Å². The van der Waals surface area contributed by atoms with Crippen molar-refractivity contribution in [1.29, 1.82) is 0 Å². The highest BCUT2D eigenvalue weighted by Crippen LogP contribution is 2.31. The Balaban J connectivity index is 1.82. The molecule has 0 spiro atoms. The first-order valence-electron chi connectivity index (χ1n) is 7.55. The van der Waals surface area contributed by atoms with Crippen molar-refractivity contribution in [3.63, 3.8) is 0 Å². The van der Waals surface area contributed by atoms with Gasteiger partial charge in [0.1, 0.15) is 0 Å². The molecule has 2 aliphatic rings. The average molecular weight is 260 g/mol. The first-order chi connectivity index (χ1) is 9.29. The quantitative estimate of drug-likeness (QED) is 0.904. The van der Waals surface area contributed by atoms with Gasteiger partial charge in [-0.05, 0) is 31.9 Å². The van der Waals surface area contributed by atoms with E-state index in [0.717, 1.165) is 31.1 Å². The summed E-state index contributed by atoms with van der Waals surface area (Å²) in [5.41, 5.74) is 2.33. The molecule has 2 saturated heterocycles. The molecule has 104 valence electrons. The minimum atomic E-state index is -0.335. The Morgan fingerprint density at radius 3 is 2.95 bits per heavy atom. The SMILES string of the molecule is CCC(O)c1ccccc1N1CCN2CCCC2C1. The maximum absolute atomic E-state index is 10.2. The number of para-hydroxylation sites is 1. The van der Waals surface area contributed by atoms with Gasteiger partial charge in [-0.25, -0.2) is 0 Å². The zero-order valence-corrected chi connectivity index (χ0v) is 11.8. The molecule has 0 bridgehead atoms. The molecule has 2 atom stereocenters. The number of aliphatic hydroxyl groups is 1. The van der Waals surface area contributed by atoms with Gasteiger partial charge in [0, 0.05) is 36.9 Å². The van der Waals surface area contributed by atoms with E-state index in [-0.39, 0.29) is 6.10 Å². The lowest BCUT2D eigenvalue weighted by Gasteiger charge is -2.40. The van der Waals surface area contributed by atoms with Crippen LogP contribution >= 0.6 is 0 Å². The summed E-state index contributed by atoms with van der Waals surface area (Å²) < 4.78 is 0. The molecule has 2 heterocycles. The highest BCUT2D eigenvalue weighted by molar-refractivity contribution is 5.55. The summed E-state index contributed by atoms with van der Waals surface area (Å²) >= 11 is 0. The van der Waals surface area contributed by atoms with Gasteiger partial charge in [0.05, 0.1) is 6.10 Å². The lowest BCUT2D eigenvalue weighted by atomic mass is 10.0. The number of benzene rings is 1. The highest BCUT2D eigenvalue weighted by atomic mass is 16.3. The van der Waals surface area contributed by atoms with Gasteiger partial charge in [0.25, 0.3) is 0 Å². The zero-order valence-electron chi connectivity index (χ0n) is 11.8. The first kappa shape index (κ1) is 12.9. The second-order valence-corrected chi connectivity index (χ2v) is 5.76. The summed E-state index contributed by atoms with van der Waals surface area (Å²) in [5.74, 6) is 0. The Morgan fingerprint density at radius 2 is 2.11 bits per heavy atom. The van der Waals surface area contributed by atoms with E-state index in [1.807, 2.05) is 13.0 Å². The van der Waals surface area contributed by atoms with E-state index in [9.17, 15) is 5.11 Å². The van der Waals surface area contributed by atoms with Crippen molar-refractivity contribution in [3.8, 4) is 0 Å². The topological polar surface area (TPSA) is 26.7 Å². The summed E-state index contributed by atoms with van der Waals surface area (Å²) in [6.45, 7) is 6.69. The van der Waals surface area contributed by atoms with Crippen molar-refractivity contribution < 1.29 is 5.11 Å². The van der Waals surface area contributed by atoms with Gasteiger partial charge in [-0.15, -0.1) is 0 Å². The fourth-order valence-corrected chi connectivity index (χ4v) is 3.49. The predicted octanol–water partition coefficient (Wildman–Crippen LogP) is 2.41. The number of piperazine rings is 1. The summed E-state index contributed by atoms with van der Waals surface area (Å²) in [5, 5.41) is 10.2. The van der Waals surface area contributed by atoms with E-state index in [4.69, 9.17) is 0 Å². The largest absolute Gasteiger partial charge is 0.388 e. The molecule has 0 aliphatic carbocycles. The van der Waals surface area contributed by atoms with Gasteiger partial charge in [-0.3, -0.25) is 4.90 Å². The molecule has 1 aromatic rings. The molecule has 19 heavy (non-hydrogen) atoms. The molecule has 1 aromatic carbocycles. The van der Waals surface area contributed by atoms with Gasteiger partial charge < -0.3 is 10.0 Å². The predicted molar refractivity (Wildman–Crippen MR) is 78.5 cm³/mol. The number of hydrogen-bond acceptors (Lipinski definition) is 3. The van der Waals surface area contributed by atoms with Gasteiger partial charge in [0.2, 0.25) is 0 Å². The van der Waals surface area contributed by atoms with Gasteiger partial charge in [-0.1, -0.05) is 25.1 Å². The molecule has 1 N–H and O–H groups in total. The lowest BCUT2D eigenvalue weighted by molar-refractivity contribution is 0.173. The Labute approximate surface area is 115 Å². The maximum Gasteiger partial charge on any atom is 0.0807 e. The van der Waals surface area contributed by atoms with Crippen LogP contribution in [0.25, 0.3) is 0 Å². The molecule has 3 heteroatoms. The highest BCUT2D eigenvalue weighted by Gasteiger charge is 2.31. The fraction of sp³-hybridized carbons (Fsp3) is 0.625. The van der Waals surface area contributed by atoms with E-state index in [0.29, 0.717) is 0 Å². The molecule has 0 aromatic heterocycles. The van der Waals surface area contributed by atoms with Crippen LogP contribution in [0.4, 0.5) is 5.69 Å². The van der Waals surface area contributed by atoms with Crippen molar-refractivity contribution in [3.05, 3.63) is 29.8 Å². The van der Waals surface area contributed by atoms with Crippen LogP contribution in [-0.4, -0.2) is 42.2 Å². The number of nitrogens with zero attached hydrogens (tertiary/aromatic N) is 2. The maximum atomic E-state index is 10.2. The molecule has 2 fully saturated rings. The van der Waals surface area contributed by atoms with Crippen molar-refractivity contribution in [2.45, 2.75) is 38.3 Å². The van der Waals surface area contributed by atoms with Crippen LogP contribution in [0.15, 0.2) is 24.3 Å². The van der Waals surface area contributed by atoms with Crippen molar-refractivity contribution >= 4 is 5.69 Å². The van der Waals surface area contributed by atoms with Crippen LogP contribution in [0, 0.1) is 0 Å². The van der Waals surface area contributed by atoms with E-state index in [1.54, 1.807) is 0 Å². The third-order valence-electron chi connectivity index (χ3n) is 4.61. The molecule has 3 rings (SSSR count). The number of hydrogen-bond donors (Lipinski definition) is 1. The zero-order chi connectivity index (χ0) is 13.2. The summed E-state index contributed by atoms with van der Waals surface area (Å²) in [6.07, 6.45) is 3.12. The number of aliphatic hydroxyl groups excluding tert-OH is 1. The van der Waals surface area contributed by atoms with Crippen LogP contribution in [-0.2, 0) is 0 Å². The number of fused-ring (bicyclic) bond motifs is 1. The van der Waals surface area contributed by atoms with Crippen LogP contribution in [0.5, 0.6) is 0 Å². The second-order valence-electron chi connectivity index (χ2n) is 5.76.